The molecule has 0 aliphatic rings. The zero-order chi connectivity index (χ0) is 15.6. The van der Waals surface area contributed by atoms with Crippen LogP contribution in [0.1, 0.15) is 10.4 Å². The molecule has 2 aromatic rings. The predicted molar refractivity (Wildman–Crippen MR) is 77.1 cm³/mol. The first-order valence-electron chi connectivity index (χ1n) is 5.39. The van der Waals surface area contributed by atoms with Crippen molar-refractivity contribution in [1.82, 2.24) is 4.98 Å². The number of carboxylic acids is 1. The number of halogens is 2. The van der Waals surface area contributed by atoms with Crippen molar-refractivity contribution in [2.45, 2.75) is 0 Å². The quantitative estimate of drug-likeness (QED) is 0.644. The Morgan fingerprint density at radius 3 is 2.71 bits per heavy atom. The van der Waals surface area contributed by atoms with E-state index >= 15 is 0 Å². The zero-order valence-corrected chi connectivity index (χ0v) is 12.5. The maximum atomic E-state index is 11.1. The lowest BCUT2D eigenvalue weighted by Crippen LogP contribution is -2.01. The van der Waals surface area contributed by atoms with Gasteiger partial charge in [-0.25, -0.2) is 9.78 Å². The summed E-state index contributed by atoms with van der Waals surface area (Å²) in [6.07, 6.45) is 1.01. The van der Waals surface area contributed by atoms with Crippen LogP contribution < -0.4 is 4.74 Å². The Balaban J connectivity index is 2.39. The lowest BCUT2D eigenvalue weighted by molar-refractivity contribution is -0.385. The molecule has 1 N–H and O–H groups in total. The van der Waals surface area contributed by atoms with Gasteiger partial charge in [0.25, 0.3) is 5.69 Å². The number of nitro groups is 1. The van der Waals surface area contributed by atoms with Crippen LogP contribution >= 0.6 is 27.5 Å². The van der Waals surface area contributed by atoms with Gasteiger partial charge in [0.1, 0.15) is 17.5 Å². The van der Waals surface area contributed by atoms with E-state index in [1.54, 1.807) is 0 Å². The maximum Gasteiger partial charge on any atom is 0.339 e. The largest absolute Gasteiger partial charge is 0.478 e. The molecule has 7 nitrogen and oxygen atoms in total. The van der Waals surface area contributed by atoms with Crippen molar-refractivity contribution in [2.75, 3.05) is 0 Å². The number of benzene rings is 1. The molecule has 0 saturated carbocycles. The average molecular weight is 374 g/mol. The first kappa shape index (κ1) is 15.2. The molecule has 0 saturated heterocycles. The third-order valence-electron chi connectivity index (χ3n) is 2.38. The topological polar surface area (TPSA) is 103 Å². The molecule has 1 aromatic carbocycles. The molecule has 1 aromatic heterocycles. The summed E-state index contributed by atoms with van der Waals surface area (Å²) < 4.78 is 5.60. The molecule has 0 radical (unpaired) electrons. The average Bonchev–Trinajstić information content (AvgIpc) is 2.42. The fourth-order valence-electron chi connectivity index (χ4n) is 1.45. The second-order valence-corrected chi connectivity index (χ2v) is 5.08. The first-order chi connectivity index (χ1) is 9.88. The standard InChI is InChI=1S/C12H6BrClN2O5/c13-9-4-7(16(19)20)5-15-11(9)21-10-2-1-6(14)3-8(10)12(17)18/h1-5H,(H,17,18). The van der Waals surface area contributed by atoms with Crippen molar-refractivity contribution in [3.63, 3.8) is 0 Å². The lowest BCUT2D eigenvalue weighted by atomic mass is 10.2. The number of hydrogen-bond acceptors (Lipinski definition) is 5. The number of aromatic carboxylic acids is 1. The summed E-state index contributed by atoms with van der Waals surface area (Å²) in [5.41, 5.74) is -0.363. The number of nitrogens with zero attached hydrogens (tertiary/aromatic N) is 2. The third kappa shape index (κ3) is 3.47. The predicted octanol–water partition coefficient (Wildman–Crippen LogP) is 3.90. The Hall–Kier alpha value is -2.19. The van der Waals surface area contributed by atoms with E-state index in [0.29, 0.717) is 0 Å². The molecule has 21 heavy (non-hydrogen) atoms. The molecular formula is C12H6BrClN2O5. The van der Waals surface area contributed by atoms with Crippen molar-refractivity contribution < 1.29 is 19.6 Å². The summed E-state index contributed by atoms with van der Waals surface area (Å²) in [6, 6.07) is 5.28. The van der Waals surface area contributed by atoms with E-state index in [2.05, 4.69) is 20.9 Å². The Morgan fingerprint density at radius 2 is 2.14 bits per heavy atom. The van der Waals surface area contributed by atoms with Gasteiger partial charge in [0.2, 0.25) is 5.88 Å². The molecule has 1 heterocycles. The number of ether oxygens (including phenoxy) is 1. The van der Waals surface area contributed by atoms with Gasteiger partial charge in [-0.15, -0.1) is 0 Å². The molecule has 0 aliphatic heterocycles. The van der Waals surface area contributed by atoms with Crippen LogP contribution in [-0.4, -0.2) is 21.0 Å². The highest BCUT2D eigenvalue weighted by Crippen LogP contribution is 2.32. The normalized spacial score (nSPS) is 10.2. The van der Waals surface area contributed by atoms with Crippen LogP contribution in [0.5, 0.6) is 11.6 Å². The highest BCUT2D eigenvalue weighted by molar-refractivity contribution is 9.10. The second kappa shape index (κ2) is 6.06. The van der Waals surface area contributed by atoms with Crippen LogP contribution in [0.3, 0.4) is 0 Å². The van der Waals surface area contributed by atoms with E-state index in [1.165, 1.54) is 24.3 Å². The van der Waals surface area contributed by atoms with Crippen molar-refractivity contribution in [1.29, 1.82) is 0 Å². The second-order valence-electron chi connectivity index (χ2n) is 3.79. The Bertz CT molecular complexity index is 738. The Kier molecular flexibility index (Phi) is 4.39. The van der Waals surface area contributed by atoms with Gasteiger partial charge in [0.05, 0.1) is 9.40 Å². The third-order valence-corrected chi connectivity index (χ3v) is 3.19. The van der Waals surface area contributed by atoms with E-state index in [1.807, 2.05) is 0 Å². The molecule has 2 rings (SSSR count). The van der Waals surface area contributed by atoms with E-state index in [-0.39, 0.29) is 32.4 Å². The molecule has 0 unspecified atom stereocenters. The summed E-state index contributed by atoms with van der Waals surface area (Å²) >= 11 is 8.82. The van der Waals surface area contributed by atoms with Gasteiger partial charge >= 0.3 is 5.97 Å². The molecule has 0 amide bonds. The summed E-state index contributed by atoms with van der Waals surface area (Å²) in [6.45, 7) is 0. The van der Waals surface area contributed by atoms with Gasteiger partial charge < -0.3 is 9.84 Å². The van der Waals surface area contributed by atoms with Gasteiger partial charge in [-0.2, -0.15) is 0 Å². The van der Waals surface area contributed by atoms with Crippen LogP contribution in [0.25, 0.3) is 0 Å². The first-order valence-corrected chi connectivity index (χ1v) is 6.56. The number of carbonyl (C=O) groups is 1. The van der Waals surface area contributed by atoms with Crippen LogP contribution in [0, 0.1) is 10.1 Å². The zero-order valence-electron chi connectivity index (χ0n) is 10.1. The number of hydrogen-bond donors (Lipinski definition) is 1. The van der Waals surface area contributed by atoms with Crippen LogP contribution in [0.4, 0.5) is 5.69 Å². The minimum Gasteiger partial charge on any atom is -0.478 e. The van der Waals surface area contributed by atoms with Gasteiger partial charge in [0, 0.05) is 11.1 Å². The van der Waals surface area contributed by atoms with Crippen molar-refractivity contribution in [3.8, 4) is 11.6 Å². The SMILES string of the molecule is O=C(O)c1cc(Cl)ccc1Oc1ncc([N+](=O)[O-])cc1Br. The monoisotopic (exact) mass is 372 g/mol. The molecule has 0 spiro atoms. The number of pyridine rings is 1. The fraction of sp³-hybridized carbons (Fsp3) is 0. The Morgan fingerprint density at radius 1 is 1.43 bits per heavy atom. The summed E-state index contributed by atoms with van der Waals surface area (Å²) in [5, 5.41) is 20.0. The molecule has 0 aliphatic carbocycles. The van der Waals surface area contributed by atoms with E-state index < -0.39 is 10.9 Å². The molecule has 0 bridgehead atoms. The van der Waals surface area contributed by atoms with E-state index in [9.17, 15) is 14.9 Å². The summed E-state index contributed by atoms with van der Waals surface area (Å²) in [5.74, 6) is -1.19. The molecule has 9 heteroatoms. The van der Waals surface area contributed by atoms with Crippen LogP contribution in [-0.2, 0) is 0 Å². The lowest BCUT2D eigenvalue weighted by Gasteiger charge is -2.09. The maximum absolute atomic E-state index is 11.1. The van der Waals surface area contributed by atoms with Crippen molar-refractivity contribution in [2.24, 2.45) is 0 Å². The summed E-state index contributed by atoms with van der Waals surface area (Å²) in [7, 11) is 0. The van der Waals surface area contributed by atoms with Gasteiger partial charge in [0.15, 0.2) is 0 Å². The van der Waals surface area contributed by atoms with Crippen molar-refractivity contribution >= 4 is 39.2 Å². The fourth-order valence-corrected chi connectivity index (χ4v) is 2.04. The Labute approximate surface area is 131 Å². The molecular weight excluding hydrogens is 367 g/mol. The van der Waals surface area contributed by atoms with Crippen LogP contribution in [0.2, 0.25) is 5.02 Å². The highest BCUT2D eigenvalue weighted by Gasteiger charge is 2.16. The highest BCUT2D eigenvalue weighted by atomic mass is 79.9. The number of carboxylic acid groups (broad SMARTS) is 1. The van der Waals surface area contributed by atoms with Crippen LogP contribution in [0.15, 0.2) is 34.9 Å². The van der Waals surface area contributed by atoms with E-state index in [0.717, 1.165) is 6.20 Å². The van der Waals surface area contributed by atoms with Gasteiger partial charge in [-0.1, -0.05) is 11.6 Å². The minimum absolute atomic E-state index is 0.00502. The number of rotatable bonds is 4. The van der Waals surface area contributed by atoms with E-state index in [4.69, 9.17) is 21.4 Å². The smallest absolute Gasteiger partial charge is 0.339 e. The molecule has 0 atom stereocenters. The minimum atomic E-state index is -1.22. The molecule has 108 valence electrons. The van der Waals surface area contributed by atoms with Gasteiger partial charge in [-0.3, -0.25) is 10.1 Å². The molecule has 0 fully saturated rings. The summed E-state index contributed by atoms with van der Waals surface area (Å²) in [4.78, 5) is 24.9. The van der Waals surface area contributed by atoms with Gasteiger partial charge in [-0.05, 0) is 34.1 Å². The van der Waals surface area contributed by atoms with Crippen molar-refractivity contribution in [3.05, 3.63) is 55.6 Å². The number of aromatic nitrogens is 1.